The Hall–Kier alpha value is -1.16. The molecule has 0 bridgehead atoms. The van der Waals surface area contributed by atoms with Gasteiger partial charge in [0.25, 0.3) is 0 Å². The molecular formula is C11H17N3O. The van der Waals surface area contributed by atoms with Gasteiger partial charge in [-0.15, -0.1) is 5.10 Å². The van der Waals surface area contributed by atoms with Crippen molar-refractivity contribution >= 4 is 5.82 Å². The zero-order valence-corrected chi connectivity index (χ0v) is 9.44. The maximum Gasteiger partial charge on any atom is 0.151 e. The molecule has 0 radical (unpaired) electrons. The van der Waals surface area contributed by atoms with E-state index in [0.29, 0.717) is 13.1 Å². The summed E-state index contributed by atoms with van der Waals surface area (Å²) in [5.41, 5.74) is 1.03. The van der Waals surface area contributed by atoms with Crippen LogP contribution in [0.5, 0.6) is 0 Å². The fourth-order valence-corrected chi connectivity index (χ4v) is 1.54. The number of anilines is 1. The average Bonchev–Trinajstić information content (AvgIpc) is 2.12. The molecule has 1 aromatic rings. The highest BCUT2D eigenvalue weighted by Crippen LogP contribution is 2.22. The minimum Gasteiger partial charge on any atom is -0.389 e. The second kappa shape index (κ2) is 3.45. The van der Waals surface area contributed by atoms with Gasteiger partial charge in [-0.3, -0.25) is 0 Å². The molecule has 0 amide bonds. The molecule has 82 valence electrons. The maximum absolute atomic E-state index is 9.17. The van der Waals surface area contributed by atoms with E-state index < -0.39 is 0 Å². The maximum atomic E-state index is 9.17. The van der Waals surface area contributed by atoms with E-state index in [0.717, 1.165) is 11.5 Å². The van der Waals surface area contributed by atoms with Gasteiger partial charge in [0.2, 0.25) is 0 Å². The SMILES string of the molecule is CC(C)(C)c1ccc(N2CC(O)C2)nn1. The minimum atomic E-state index is -0.200. The number of hydrogen-bond donors (Lipinski definition) is 1. The normalized spacial score (nSPS) is 17.7. The summed E-state index contributed by atoms with van der Waals surface area (Å²) >= 11 is 0. The summed E-state index contributed by atoms with van der Waals surface area (Å²) in [6, 6.07) is 3.98. The smallest absolute Gasteiger partial charge is 0.151 e. The van der Waals surface area contributed by atoms with Gasteiger partial charge in [0.05, 0.1) is 11.8 Å². The predicted molar refractivity (Wildman–Crippen MR) is 59.0 cm³/mol. The molecule has 0 aliphatic carbocycles. The Morgan fingerprint density at radius 3 is 2.33 bits per heavy atom. The first-order chi connectivity index (χ1) is 6.97. The standard InChI is InChI=1S/C11H17N3O/c1-11(2,3)9-4-5-10(13-12-9)14-6-8(15)7-14/h4-5,8,15H,6-7H2,1-3H3. The molecule has 0 aromatic carbocycles. The summed E-state index contributed by atoms with van der Waals surface area (Å²) in [5.74, 6) is 0.855. The van der Waals surface area contributed by atoms with Gasteiger partial charge in [-0.2, -0.15) is 5.10 Å². The second-order valence-corrected chi connectivity index (χ2v) is 5.09. The molecule has 1 aromatic heterocycles. The predicted octanol–water partition coefficient (Wildman–Crippen LogP) is 0.955. The number of β-amino-alcohol motifs (C(OH)–C–C–N with tert-alkyl or cyclic N) is 1. The monoisotopic (exact) mass is 207 g/mol. The first-order valence-electron chi connectivity index (χ1n) is 5.24. The van der Waals surface area contributed by atoms with Gasteiger partial charge < -0.3 is 10.0 Å². The molecule has 2 rings (SSSR count). The number of aliphatic hydroxyl groups is 1. The van der Waals surface area contributed by atoms with Crippen LogP contribution in [-0.4, -0.2) is 34.5 Å². The van der Waals surface area contributed by atoms with Crippen molar-refractivity contribution in [3.05, 3.63) is 17.8 Å². The summed E-state index contributed by atoms with van der Waals surface area (Å²) in [5, 5.41) is 17.5. The zero-order valence-electron chi connectivity index (χ0n) is 9.44. The molecule has 15 heavy (non-hydrogen) atoms. The third kappa shape index (κ3) is 2.09. The fourth-order valence-electron chi connectivity index (χ4n) is 1.54. The molecule has 4 heteroatoms. The molecule has 2 heterocycles. The molecule has 0 atom stereocenters. The van der Waals surface area contributed by atoms with Gasteiger partial charge in [0.1, 0.15) is 0 Å². The highest BCUT2D eigenvalue weighted by atomic mass is 16.3. The Balaban J connectivity index is 2.11. The van der Waals surface area contributed by atoms with Gasteiger partial charge in [0.15, 0.2) is 5.82 Å². The topological polar surface area (TPSA) is 49.2 Å². The molecule has 1 saturated heterocycles. The largest absolute Gasteiger partial charge is 0.389 e. The van der Waals surface area contributed by atoms with Crippen LogP contribution in [0.3, 0.4) is 0 Å². The number of hydrogen-bond acceptors (Lipinski definition) is 4. The van der Waals surface area contributed by atoms with Crippen molar-refractivity contribution in [1.82, 2.24) is 10.2 Å². The first-order valence-corrected chi connectivity index (χ1v) is 5.24. The van der Waals surface area contributed by atoms with E-state index in [1.54, 1.807) is 0 Å². The van der Waals surface area contributed by atoms with Crippen LogP contribution in [0, 0.1) is 0 Å². The van der Waals surface area contributed by atoms with Gasteiger partial charge in [-0.1, -0.05) is 20.8 Å². The van der Waals surface area contributed by atoms with Gasteiger partial charge >= 0.3 is 0 Å². The van der Waals surface area contributed by atoms with Crippen molar-refractivity contribution in [3.8, 4) is 0 Å². The molecule has 0 spiro atoms. The second-order valence-electron chi connectivity index (χ2n) is 5.09. The number of nitrogens with zero attached hydrogens (tertiary/aromatic N) is 3. The zero-order chi connectivity index (χ0) is 11.1. The Labute approximate surface area is 89.9 Å². The molecule has 1 fully saturated rings. The Kier molecular flexibility index (Phi) is 2.38. The van der Waals surface area contributed by atoms with E-state index in [9.17, 15) is 5.11 Å². The van der Waals surface area contributed by atoms with E-state index >= 15 is 0 Å². The van der Waals surface area contributed by atoms with Crippen molar-refractivity contribution in [2.75, 3.05) is 18.0 Å². The Bertz CT molecular complexity index is 336. The molecule has 1 N–H and O–H groups in total. The molecule has 0 unspecified atom stereocenters. The quantitative estimate of drug-likeness (QED) is 0.745. The average molecular weight is 207 g/mol. The lowest BCUT2D eigenvalue weighted by Crippen LogP contribution is -2.51. The molecule has 0 saturated carbocycles. The summed E-state index contributed by atoms with van der Waals surface area (Å²) < 4.78 is 0. The lowest BCUT2D eigenvalue weighted by Gasteiger charge is -2.36. The van der Waals surface area contributed by atoms with Crippen LogP contribution >= 0.6 is 0 Å². The summed E-state index contributed by atoms with van der Waals surface area (Å²) in [4.78, 5) is 2.02. The molecular weight excluding hydrogens is 190 g/mol. The summed E-state index contributed by atoms with van der Waals surface area (Å²) in [7, 11) is 0. The Morgan fingerprint density at radius 2 is 1.93 bits per heavy atom. The number of aliphatic hydroxyl groups excluding tert-OH is 1. The van der Waals surface area contributed by atoms with Crippen molar-refractivity contribution in [2.45, 2.75) is 32.3 Å². The van der Waals surface area contributed by atoms with E-state index in [-0.39, 0.29) is 11.5 Å². The third-order valence-electron chi connectivity index (χ3n) is 2.61. The van der Waals surface area contributed by atoms with Gasteiger partial charge in [-0.25, -0.2) is 0 Å². The van der Waals surface area contributed by atoms with E-state index in [4.69, 9.17) is 0 Å². The first kappa shape index (κ1) is 10.4. The van der Waals surface area contributed by atoms with Gasteiger partial charge in [0, 0.05) is 18.5 Å². The third-order valence-corrected chi connectivity index (χ3v) is 2.61. The Morgan fingerprint density at radius 1 is 1.27 bits per heavy atom. The van der Waals surface area contributed by atoms with Crippen LogP contribution in [0.15, 0.2) is 12.1 Å². The number of aromatic nitrogens is 2. The van der Waals surface area contributed by atoms with Crippen molar-refractivity contribution in [2.24, 2.45) is 0 Å². The minimum absolute atomic E-state index is 0.0417. The van der Waals surface area contributed by atoms with Crippen LogP contribution in [-0.2, 0) is 5.41 Å². The van der Waals surface area contributed by atoms with Crippen LogP contribution in [0.2, 0.25) is 0 Å². The van der Waals surface area contributed by atoms with Crippen LogP contribution in [0.25, 0.3) is 0 Å². The molecule has 4 nitrogen and oxygen atoms in total. The van der Waals surface area contributed by atoms with Crippen molar-refractivity contribution < 1.29 is 5.11 Å². The lowest BCUT2D eigenvalue weighted by atomic mass is 9.92. The van der Waals surface area contributed by atoms with E-state index in [2.05, 4.69) is 31.0 Å². The van der Waals surface area contributed by atoms with Crippen molar-refractivity contribution in [1.29, 1.82) is 0 Å². The summed E-state index contributed by atoms with van der Waals surface area (Å²) in [6.07, 6.45) is -0.200. The highest BCUT2D eigenvalue weighted by molar-refractivity contribution is 5.41. The van der Waals surface area contributed by atoms with E-state index in [1.807, 2.05) is 17.0 Å². The van der Waals surface area contributed by atoms with Crippen LogP contribution in [0.1, 0.15) is 26.5 Å². The molecule has 1 aliphatic heterocycles. The summed E-state index contributed by atoms with van der Waals surface area (Å²) in [6.45, 7) is 7.69. The van der Waals surface area contributed by atoms with Crippen LogP contribution < -0.4 is 4.90 Å². The highest BCUT2D eigenvalue weighted by Gasteiger charge is 2.26. The van der Waals surface area contributed by atoms with Gasteiger partial charge in [-0.05, 0) is 12.1 Å². The van der Waals surface area contributed by atoms with E-state index in [1.165, 1.54) is 0 Å². The lowest BCUT2D eigenvalue weighted by molar-refractivity contribution is 0.141. The van der Waals surface area contributed by atoms with Crippen LogP contribution in [0.4, 0.5) is 5.82 Å². The molecule has 1 aliphatic rings. The number of rotatable bonds is 1. The fraction of sp³-hybridized carbons (Fsp3) is 0.636. The van der Waals surface area contributed by atoms with Crippen molar-refractivity contribution in [3.63, 3.8) is 0 Å².